The van der Waals surface area contributed by atoms with E-state index in [0.717, 1.165) is 36.3 Å². The van der Waals surface area contributed by atoms with Crippen LogP contribution in [-0.2, 0) is 11.2 Å². The molecule has 2 atom stereocenters. The molecule has 2 unspecified atom stereocenters. The molecule has 0 spiro atoms. The van der Waals surface area contributed by atoms with E-state index < -0.39 is 0 Å². The minimum Gasteiger partial charge on any atom is -0.497 e. The van der Waals surface area contributed by atoms with E-state index in [2.05, 4.69) is 10.6 Å². The first kappa shape index (κ1) is 21.2. The van der Waals surface area contributed by atoms with Crippen LogP contribution in [0.5, 0.6) is 5.75 Å². The highest BCUT2D eigenvalue weighted by Gasteiger charge is 2.21. The molecule has 6 heteroatoms. The standard InChI is InChI=1S/C21H25FN2O2.ClH/c1-26-19-10-6-16(7-11-19)20(13-15-4-8-17(22)9-5-15)24-21(25)14-18-3-2-12-23-18;/h4-11,18,20,23H,2-3,12-14H2,1H3,(H,24,25);1H. The number of nitrogens with one attached hydrogen (secondary N) is 2. The molecule has 1 aliphatic heterocycles. The molecule has 1 amide bonds. The molecular weight excluding hydrogens is 367 g/mol. The number of hydrogen-bond acceptors (Lipinski definition) is 3. The number of halogens is 2. The van der Waals surface area contributed by atoms with E-state index in [1.54, 1.807) is 19.2 Å². The Morgan fingerprint density at radius 1 is 1.22 bits per heavy atom. The van der Waals surface area contributed by atoms with Crippen LogP contribution in [-0.4, -0.2) is 25.6 Å². The molecule has 3 rings (SSSR count). The summed E-state index contributed by atoms with van der Waals surface area (Å²) in [5.41, 5.74) is 1.98. The Bertz CT molecular complexity index is 716. The number of carbonyl (C=O) groups is 1. The van der Waals surface area contributed by atoms with Crippen molar-refractivity contribution >= 4 is 18.3 Å². The van der Waals surface area contributed by atoms with Gasteiger partial charge in [0.25, 0.3) is 0 Å². The van der Waals surface area contributed by atoms with Gasteiger partial charge in [0.05, 0.1) is 13.2 Å². The fourth-order valence-corrected chi connectivity index (χ4v) is 3.35. The Kier molecular flexibility index (Phi) is 8.07. The molecular formula is C21H26ClFN2O2. The second kappa shape index (κ2) is 10.3. The molecule has 146 valence electrons. The van der Waals surface area contributed by atoms with Crippen molar-refractivity contribution < 1.29 is 13.9 Å². The quantitative estimate of drug-likeness (QED) is 0.753. The normalized spacial score (nSPS) is 17.0. The second-order valence-electron chi connectivity index (χ2n) is 6.72. The zero-order chi connectivity index (χ0) is 18.4. The highest BCUT2D eigenvalue weighted by atomic mass is 35.5. The summed E-state index contributed by atoms with van der Waals surface area (Å²) in [4.78, 5) is 12.5. The third-order valence-corrected chi connectivity index (χ3v) is 4.80. The Labute approximate surface area is 165 Å². The molecule has 2 N–H and O–H groups in total. The van der Waals surface area contributed by atoms with E-state index in [1.807, 2.05) is 24.3 Å². The lowest BCUT2D eigenvalue weighted by molar-refractivity contribution is -0.122. The van der Waals surface area contributed by atoms with Crippen LogP contribution in [0.3, 0.4) is 0 Å². The molecule has 1 saturated heterocycles. The fourth-order valence-electron chi connectivity index (χ4n) is 3.35. The first-order chi connectivity index (χ1) is 12.6. The summed E-state index contributed by atoms with van der Waals surface area (Å²) in [5.74, 6) is 0.550. The van der Waals surface area contributed by atoms with Crippen LogP contribution in [0.15, 0.2) is 48.5 Å². The van der Waals surface area contributed by atoms with Gasteiger partial charge in [0.1, 0.15) is 11.6 Å². The molecule has 1 aliphatic rings. The molecule has 2 aromatic rings. The molecule has 1 fully saturated rings. The maximum atomic E-state index is 13.2. The molecule has 27 heavy (non-hydrogen) atoms. The van der Waals surface area contributed by atoms with Gasteiger partial charge in [-0.3, -0.25) is 4.79 Å². The van der Waals surface area contributed by atoms with E-state index in [-0.39, 0.29) is 36.2 Å². The summed E-state index contributed by atoms with van der Waals surface area (Å²) in [7, 11) is 1.63. The molecule has 0 bridgehead atoms. The van der Waals surface area contributed by atoms with Crippen LogP contribution in [0.2, 0.25) is 0 Å². The highest BCUT2D eigenvalue weighted by molar-refractivity contribution is 5.85. The predicted molar refractivity (Wildman–Crippen MR) is 107 cm³/mol. The molecule has 0 aliphatic carbocycles. The molecule has 2 aromatic carbocycles. The van der Waals surface area contributed by atoms with Gasteiger partial charge in [-0.05, 0) is 61.2 Å². The maximum Gasteiger partial charge on any atom is 0.222 e. The van der Waals surface area contributed by atoms with Crippen molar-refractivity contribution in [1.29, 1.82) is 0 Å². The van der Waals surface area contributed by atoms with Crippen LogP contribution in [0.25, 0.3) is 0 Å². The number of benzene rings is 2. The second-order valence-corrected chi connectivity index (χ2v) is 6.72. The van der Waals surface area contributed by atoms with Crippen molar-refractivity contribution in [2.45, 2.75) is 37.8 Å². The average Bonchev–Trinajstić information content (AvgIpc) is 3.16. The van der Waals surface area contributed by atoms with E-state index >= 15 is 0 Å². The number of methoxy groups -OCH3 is 1. The summed E-state index contributed by atoms with van der Waals surface area (Å²) in [5, 5.41) is 6.50. The van der Waals surface area contributed by atoms with Crippen molar-refractivity contribution in [3.05, 3.63) is 65.5 Å². The number of ether oxygens (including phenoxy) is 1. The largest absolute Gasteiger partial charge is 0.497 e. The molecule has 4 nitrogen and oxygen atoms in total. The third kappa shape index (κ3) is 6.22. The Morgan fingerprint density at radius 2 is 1.93 bits per heavy atom. The molecule has 0 aromatic heterocycles. The van der Waals surface area contributed by atoms with Crippen molar-refractivity contribution in [2.24, 2.45) is 0 Å². The predicted octanol–water partition coefficient (Wildman–Crippen LogP) is 3.80. The topological polar surface area (TPSA) is 50.4 Å². The van der Waals surface area contributed by atoms with Gasteiger partial charge in [-0.25, -0.2) is 4.39 Å². The van der Waals surface area contributed by atoms with Crippen LogP contribution in [0.4, 0.5) is 4.39 Å². The molecule has 1 heterocycles. The van der Waals surface area contributed by atoms with Crippen LogP contribution < -0.4 is 15.4 Å². The number of carbonyl (C=O) groups excluding carboxylic acids is 1. The number of amides is 1. The van der Waals surface area contributed by atoms with Crippen molar-refractivity contribution in [1.82, 2.24) is 10.6 Å². The highest BCUT2D eigenvalue weighted by Crippen LogP contribution is 2.22. The zero-order valence-corrected chi connectivity index (χ0v) is 16.2. The van der Waals surface area contributed by atoms with Gasteiger partial charge in [0.2, 0.25) is 5.91 Å². The first-order valence-electron chi connectivity index (χ1n) is 9.05. The minimum atomic E-state index is -0.258. The van der Waals surface area contributed by atoms with Crippen molar-refractivity contribution in [2.75, 3.05) is 13.7 Å². The molecule has 0 radical (unpaired) electrons. The van der Waals surface area contributed by atoms with Gasteiger partial charge in [-0.1, -0.05) is 24.3 Å². The fraction of sp³-hybridized carbons (Fsp3) is 0.381. The minimum absolute atomic E-state index is 0. The monoisotopic (exact) mass is 392 g/mol. The number of rotatable bonds is 7. The van der Waals surface area contributed by atoms with E-state index in [1.165, 1.54) is 12.1 Å². The van der Waals surface area contributed by atoms with Crippen molar-refractivity contribution in [3.8, 4) is 5.75 Å². The van der Waals surface area contributed by atoms with Gasteiger partial charge >= 0.3 is 0 Å². The molecule has 0 saturated carbocycles. The SMILES string of the molecule is COc1ccc(C(Cc2ccc(F)cc2)NC(=O)CC2CCCN2)cc1.Cl. The third-order valence-electron chi connectivity index (χ3n) is 4.80. The van der Waals surface area contributed by atoms with Gasteiger partial charge < -0.3 is 15.4 Å². The average molecular weight is 393 g/mol. The van der Waals surface area contributed by atoms with Gasteiger partial charge in [0, 0.05) is 12.5 Å². The summed E-state index contributed by atoms with van der Waals surface area (Å²) in [6.07, 6.45) is 3.25. The first-order valence-corrected chi connectivity index (χ1v) is 9.05. The Morgan fingerprint density at radius 3 is 2.52 bits per heavy atom. The van der Waals surface area contributed by atoms with Crippen molar-refractivity contribution in [3.63, 3.8) is 0 Å². The summed E-state index contributed by atoms with van der Waals surface area (Å²) < 4.78 is 18.4. The summed E-state index contributed by atoms with van der Waals surface area (Å²) >= 11 is 0. The lowest BCUT2D eigenvalue weighted by Crippen LogP contribution is -2.35. The Balaban J connectivity index is 0.00000261. The number of hydrogen-bond donors (Lipinski definition) is 2. The van der Waals surface area contributed by atoms with Gasteiger partial charge in [-0.2, -0.15) is 0 Å². The van der Waals surface area contributed by atoms with Gasteiger partial charge in [0.15, 0.2) is 0 Å². The van der Waals surface area contributed by atoms with E-state index in [9.17, 15) is 9.18 Å². The zero-order valence-electron chi connectivity index (χ0n) is 15.4. The van der Waals surface area contributed by atoms with E-state index in [4.69, 9.17) is 4.74 Å². The Hall–Kier alpha value is -2.11. The maximum absolute atomic E-state index is 13.2. The van der Waals surface area contributed by atoms with Crippen LogP contribution in [0.1, 0.15) is 36.4 Å². The van der Waals surface area contributed by atoms with Crippen LogP contribution >= 0.6 is 12.4 Å². The lowest BCUT2D eigenvalue weighted by atomic mass is 9.98. The van der Waals surface area contributed by atoms with E-state index in [0.29, 0.717) is 12.8 Å². The van der Waals surface area contributed by atoms with Gasteiger partial charge in [-0.15, -0.1) is 12.4 Å². The van der Waals surface area contributed by atoms with Crippen LogP contribution in [0, 0.1) is 5.82 Å². The summed E-state index contributed by atoms with van der Waals surface area (Å²) in [6.45, 7) is 0.982. The summed E-state index contributed by atoms with van der Waals surface area (Å²) in [6, 6.07) is 14.2. The smallest absolute Gasteiger partial charge is 0.222 e. The lowest BCUT2D eigenvalue weighted by Gasteiger charge is -2.21.